The molecule has 0 unspecified atom stereocenters. The minimum Gasteiger partial charge on any atom is -0.371 e. The van der Waals surface area contributed by atoms with E-state index in [4.69, 9.17) is 5.73 Å². The average molecular weight is 461 g/mol. The number of nitrogen functional groups attached to an aromatic ring is 1. The van der Waals surface area contributed by atoms with Gasteiger partial charge in [-0.05, 0) is 43.4 Å². The van der Waals surface area contributed by atoms with E-state index in [9.17, 15) is 13.2 Å². The molecule has 1 saturated carbocycles. The second-order valence-electron chi connectivity index (χ2n) is 9.01. The predicted molar refractivity (Wildman–Crippen MR) is 122 cm³/mol. The van der Waals surface area contributed by atoms with Gasteiger partial charge in [0, 0.05) is 18.8 Å². The van der Waals surface area contributed by atoms with Crippen LogP contribution in [0.3, 0.4) is 0 Å². The number of aryl methyl sites for hydroxylation is 1. The molecule has 4 aromatic rings. The van der Waals surface area contributed by atoms with E-state index >= 15 is 0 Å². The molecule has 0 aliphatic heterocycles. The summed E-state index contributed by atoms with van der Waals surface area (Å²) >= 11 is 0. The normalized spacial score (nSPS) is 15.2. The molecule has 0 atom stereocenters. The van der Waals surface area contributed by atoms with Crippen molar-refractivity contribution in [2.45, 2.75) is 52.8 Å². The molecule has 5 rings (SSSR count). The molecule has 0 aromatic carbocycles. The molecule has 8 nitrogen and oxygen atoms in total. The number of hydrogen-bond donors (Lipinski definition) is 2. The van der Waals surface area contributed by atoms with Crippen LogP contribution >= 0.6 is 0 Å². The van der Waals surface area contributed by atoms with E-state index in [0.717, 1.165) is 9.98 Å². The van der Waals surface area contributed by atoms with Crippen molar-refractivity contribution in [2.75, 3.05) is 18.1 Å². The third-order valence-electron chi connectivity index (χ3n) is 5.87. The molecule has 4 heterocycles. The van der Waals surface area contributed by atoms with Gasteiger partial charge in [-0.2, -0.15) is 18.2 Å². The fraction of sp³-hybridized carbons (Fsp3) is 0.455. The van der Waals surface area contributed by atoms with Crippen molar-refractivity contribution in [2.24, 2.45) is 5.41 Å². The molecule has 0 spiro atoms. The van der Waals surface area contributed by atoms with E-state index in [2.05, 4.69) is 39.2 Å². The smallest absolute Gasteiger partial charge is 0.371 e. The van der Waals surface area contributed by atoms with Crippen molar-refractivity contribution in [1.29, 1.82) is 0 Å². The third kappa shape index (κ3) is 4.71. The van der Waals surface area contributed by atoms with E-state index in [1.165, 1.54) is 26.2 Å². The first kappa shape index (κ1) is 22.8. The number of nitrogens with two attached hydrogens (primary N) is 1. The number of rotatable bonds is 3. The van der Waals surface area contributed by atoms with Gasteiger partial charge in [0.1, 0.15) is 23.4 Å². The molecular formula is C22H27F3N8. The van der Waals surface area contributed by atoms with Crippen LogP contribution in [0.1, 0.15) is 38.9 Å². The Morgan fingerprint density at radius 2 is 1.82 bits per heavy atom. The molecule has 4 aromatic heterocycles. The van der Waals surface area contributed by atoms with E-state index in [1.807, 2.05) is 0 Å². The summed E-state index contributed by atoms with van der Waals surface area (Å²) in [6.45, 7) is 5.04. The monoisotopic (exact) mass is 460 g/mol. The highest BCUT2D eigenvalue weighted by Gasteiger charge is 2.30. The summed E-state index contributed by atoms with van der Waals surface area (Å²) in [5.74, 6) is 0.835. The minimum absolute atomic E-state index is 0.0938. The molecule has 11 heteroatoms. The largest absolute Gasteiger partial charge is 0.406 e. The van der Waals surface area contributed by atoms with Crippen molar-refractivity contribution in [3.05, 3.63) is 30.2 Å². The first-order valence-electron chi connectivity index (χ1n) is 10.7. The lowest BCUT2D eigenvalue weighted by Gasteiger charge is -2.33. The van der Waals surface area contributed by atoms with Gasteiger partial charge in [0.15, 0.2) is 11.5 Å². The van der Waals surface area contributed by atoms with Crippen LogP contribution in [0.2, 0.25) is 0 Å². The standard InChI is InChI=1S/C16H15F3N8.C6H12/c1-8-22-11-4-3-10(23-14(11)26(8)7-16(17,18)19)9-5-6-27-12(9)13(21-2)24-15(20)25-27;1-6(2)4-3-5-6/h3-6H,7H2,1-2H3,(H3,20,21,24,25);3-5H2,1-2H3. The summed E-state index contributed by atoms with van der Waals surface area (Å²) in [5.41, 5.74) is 8.75. The molecule has 0 saturated heterocycles. The fourth-order valence-corrected chi connectivity index (χ4v) is 3.94. The zero-order valence-corrected chi connectivity index (χ0v) is 19.0. The van der Waals surface area contributed by atoms with Crippen LogP contribution in [-0.2, 0) is 6.54 Å². The molecule has 1 fully saturated rings. The molecule has 1 aliphatic carbocycles. The number of halogens is 3. The summed E-state index contributed by atoms with van der Waals surface area (Å²) in [5, 5.41) is 7.06. The quantitative estimate of drug-likeness (QED) is 0.454. The molecule has 33 heavy (non-hydrogen) atoms. The van der Waals surface area contributed by atoms with Gasteiger partial charge in [-0.25, -0.2) is 14.5 Å². The number of anilines is 2. The lowest BCUT2D eigenvalue weighted by Crippen LogP contribution is -2.20. The Bertz CT molecular complexity index is 1300. The van der Waals surface area contributed by atoms with Crippen LogP contribution in [0.5, 0.6) is 0 Å². The molecule has 1 aliphatic rings. The number of hydrogen-bond acceptors (Lipinski definition) is 6. The Balaban J connectivity index is 0.000000376. The van der Waals surface area contributed by atoms with Crippen LogP contribution in [0.4, 0.5) is 24.9 Å². The zero-order chi connectivity index (χ0) is 24.0. The Morgan fingerprint density at radius 1 is 1.12 bits per heavy atom. The van der Waals surface area contributed by atoms with E-state index in [0.29, 0.717) is 28.1 Å². The van der Waals surface area contributed by atoms with Gasteiger partial charge in [-0.15, -0.1) is 5.10 Å². The predicted octanol–water partition coefficient (Wildman–Crippen LogP) is 4.83. The van der Waals surface area contributed by atoms with Crippen molar-refractivity contribution in [3.8, 4) is 11.3 Å². The van der Waals surface area contributed by atoms with Crippen LogP contribution in [-0.4, -0.2) is 42.4 Å². The van der Waals surface area contributed by atoms with Gasteiger partial charge < -0.3 is 15.6 Å². The van der Waals surface area contributed by atoms with Crippen molar-refractivity contribution < 1.29 is 13.2 Å². The van der Waals surface area contributed by atoms with Gasteiger partial charge in [-0.3, -0.25) is 0 Å². The highest BCUT2D eigenvalue weighted by atomic mass is 19.4. The van der Waals surface area contributed by atoms with Gasteiger partial charge >= 0.3 is 6.18 Å². The van der Waals surface area contributed by atoms with Crippen molar-refractivity contribution in [3.63, 3.8) is 0 Å². The van der Waals surface area contributed by atoms with Gasteiger partial charge in [-0.1, -0.05) is 20.3 Å². The highest BCUT2D eigenvalue weighted by molar-refractivity contribution is 5.89. The highest BCUT2D eigenvalue weighted by Crippen LogP contribution is 2.39. The van der Waals surface area contributed by atoms with Crippen LogP contribution in [0.15, 0.2) is 24.4 Å². The maximum Gasteiger partial charge on any atom is 0.406 e. The molecular weight excluding hydrogens is 433 g/mol. The maximum atomic E-state index is 12.9. The molecule has 0 bridgehead atoms. The zero-order valence-electron chi connectivity index (χ0n) is 19.0. The summed E-state index contributed by atoms with van der Waals surface area (Å²) < 4.78 is 41.4. The summed E-state index contributed by atoms with van der Waals surface area (Å²) in [6, 6.07) is 5.12. The summed E-state index contributed by atoms with van der Waals surface area (Å²) in [4.78, 5) is 12.8. The maximum absolute atomic E-state index is 12.9. The number of alkyl halides is 3. The molecule has 0 amide bonds. The summed E-state index contributed by atoms with van der Waals surface area (Å²) in [6.07, 6.45) is 1.68. The molecule has 3 N–H and O–H groups in total. The Morgan fingerprint density at radius 3 is 2.39 bits per heavy atom. The Labute approximate surface area is 189 Å². The molecule has 176 valence electrons. The summed E-state index contributed by atoms with van der Waals surface area (Å²) in [7, 11) is 1.69. The number of nitrogens with one attached hydrogen (secondary N) is 1. The second-order valence-corrected chi connectivity index (χ2v) is 9.01. The Hall–Kier alpha value is -3.37. The van der Waals surface area contributed by atoms with Gasteiger partial charge in [0.05, 0.1) is 5.69 Å². The lowest BCUT2D eigenvalue weighted by molar-refractivity contribution is -0.140. The first-order chi connectivity index (χ1) is 15.5. The first-order valence-corrected chi connectivity index (χ1v) is 10.7. The number of nitrogens with zero attached hydrogens (tertiary/aromatic N) is 6. The fourth-order valence-electron chi connectivity index (χ4n) is 3.94. The number of fused-ring (bicyclic) bond motifs is 2. The topological polar surface area (TPSA) is 99.0 Å². The lowest BCUT2D eigenvalue weighted by atomic mass is 9.72. The SMILES string of the molecule is CC1(C)CCC1.CNc1nc(N)nn2ccc(-c3ccc4nc(C)n(CC(F)(F)F)c4n3)c12. The Kier molecular flexibility index (Phi) is 5.67. The number of aromatic nitrogens is 6. The van der Waals surface area contributed by atoms with Crippen LogP contribution in [0, 0.1) is 12.3 Å². The van der Waals surface area contributed by atoms with E-state index in [-0.39, 0.29) is 17.4 Å². The van der Waals surface area contributed by atoms with Gasteiger partial charge in [0.25, 0.3) is 0 Å². The second kappa shape index (κ2) is 8.20. The number of pyridine rings is 1. The van der Waals surface area contributed by atoms with Crippen molar-refractivity contribution >= 4 is 28.4 Å². The van der Waals surface area contributed by atoms with E-state index in [1.54, 1.807) is 36.0 Å². The third-order valence-corrected chi connectivity index (χ3v) is 5.87. The van der Waals surface area contributed by atoms with Gasteiger partial charge in [0.2, 0.25) is 5.95 Å². The van der Waals surface area contributed by atoms with Crippen molar-refractivity contribution in [1.82, 2.24) is 29.1 Å². The number of imidazole rings is 1. The van der Waals surface area contributed by atoms with E-state index < -0.39 is 12.7 Å². The minimum atomic E-state index is -4.37. The molecule has 0 radical (unpaired) electrons. The van der Waals surface area contributed by atoms with Crippen LogP contribution in [0.25, 0.3) is 27.9 Å². The van der Waals surface area contributed by atoms with Crippen LogP contribution < -0.4 is 11.1 Å². The average Bonchev–Trinajstić information content (AvgIpc) is 3.26.